The Hall–Kier alpha value is -1.40. The van der Waals surface area contributed by atoms with Crippen molar-refractivity contribution in [3.05, 3.63) is 17.5 Å². The summed E-state index contributed by atoms with van der Waals surface area (Å²) in [4.78, 5) is 14.3. The van der Waals surface area contributed by atoms with E-state index in [0.717, 1.165) is 37.4 Å². The summed E-state index contributed by atoms with van der Waals surface area (Å²) in [5, 5.41) is 24.0. The molecule has 1 saturated heterocycles. The van der Waals surface area contributed by atoms with E-state index in [9.17, 15) is 15.0 Å². The van der Waals surface area contributed by atoms with Gasteiger partial charge in [-0.1, -0.05) is 0 Å². The minimum absolute atomic E-state index is 0.185. The van der Waals surface area contributed by atoms with Crippen LogP contribution in [0.3, 0.4) is 0 Å². The maximum atomic E-state index is 12.4. The number of amides is 1. The van der Waals surface area contributed by atoms with E-state index < -0.39 is 12.2 Å². The third kappa shape index (κ3) is 3.58. The molecule has 0 aromatic carbocycles. The first-order valence-electron chi connectivity index (χ1n) is 8.59. The molecular weight excluding hydrogens is 294 g/mol. The summed E-state index contributed by atoms with van der Waals surface area (Å²) in [7, 11) is 0. The molecule has 0 bridgehead atoms. The van der Waals surface area contributed by atoms with E-state index in [1.807, 2.05) is 29.5 Å². The van der Waals surface area contributed by atoms with E-state index in [1.54, 1.807) is 0 Å². The second-order valence-corrected chi connectivity index (χ2v) is 7.18. The Kier molecular flexibility index (Phi) is 4.73. The van der Waals surface area contributed by atoms with Gasteiger partial charge in [0.15, 0.2) is 0 Å². The van der Waals surface area contributed by atoms with Crippen LogP contribution in [0, 0.1) is 25.7 Å². The van der Waals surface area contributed by atoms with Crippen molar-refractivity contribution in [3.8, 4) is 0 Å². The molecule has 1 aliphatic carbocycles. The predicted molar refractivity (Wildman–Crippen MR) is 85.7 cm³/mol. The molecule has 1 aliphatic heterocycles. The molecule has 23 heavy (non-hydrogen) atoms. The largest absolute Gasteiger partial charge is 0.390 e. The van der Waals surface area contributed by atoms with Gasteiger partial charge < -0.3 is 15.1 Å². The van der Waals surface area contributed by atoms with Crippen LogP contribution < -0.4 is 0 Å². The Morgan fingerprint density at radius 3 is 2.35 bits per heavy atom. The van der Waals surface area contributed by atoms with Crippen molar-refractivity contribution < 1.29 is 15.0 Å². The first-order valence-corrected chi connectivity index (χ1v) is 8.59. The highest BCUT2D eigenvalue weighted by atomic mass is 16.3. The second-order valence-electron chi connectivity index (χ2n) is 7.18. The van der Waals surface area contributed by atoms with Crippen LogP contribution in [-0.2, 0) is 11.3 Å². The van der Waals surface area contributed by atoms with Crippen LogP contribution >= 0.6 is 0 Å². The number of hydrogen-bond donors (Lipinski definition) is 2. The highest BCUT2D eigenvalue weighted by Gasteiger charge is 2.42. The van der Waals surface area contributed by atoms with E-state index >= 15 is 0 Å². The van der Waals surface area contributed by atoms with Crippen molar-refractivity contribution in [1.82, 2.24) is 14.7 Å². The van der Waals surface area contributed by atoms with Gasteiger partial charge in [0.2, 0.25) is 5.91 Å². The van der Waals surface area contributed by atoms with Gasteiger partial charge in [-0.3, -0.25) is 9.48 Å². The molecule has 1 amide bonds. The van der Waals surface area contributed by atoms with Crippen molar-refractivity contribution in [2.24, 2.45) is 11.8 Å². The molecule has 1 aromatic rings. The number of hydrogen-bond acceptors (Lipinski definition) is 4. The van der Waals surface area contributed by atoms with Crippen molar-refractivity contribution in [2.45, 2.75) is 58.3 Å². The Bertz CT molecular complexity index is 553. The summed E-state index contributed by atoms with van der Waals surface area (Å²) in [5.74, 6) is 0.867. The first-order chi connectivity index (χ1) is 10.9. The Labute approximate surface area is 137 Å². The van der Waals surface area contributed by atoms with Crippen LogP contribution in [0.1, 0.15) is 37.1 Å². The third-order valence-electron chi connectivity index (χ3n) is 5.33. The number of fused-ring (bicyclic) bond motifs is 1. The molecule has 1 saturated carbocycles. The van der Waals surface area contributed by atoms with E-state index in [-0.39, 0.29) is 5.91 Å². The lowest BCUT2D eigenvalue weighted by molar-refractivity contribution is -0.130. The minimum Gasteiger partial charge on any atom is -0.390 e. The summed E-state index contributed by atoms with van der Waals surface area (Å²) in [6.45, 7) is 6.23. The number of carbonyl (C=O) groups is 1. The lowest BCUT2D eigenvalue weighted by Crippen LogP contribution is -2.38. The van der Waals surface area contributed by atoms with Crippen LogP contribution in [0.5, 0.6) is 0 Å². The van der Waals surface area contributed by atoms with E-state index in [0.29, 0.717) is 31.1 Å². The highest BCUT2D eigenvalue weighted by Crippen LogP contribution is 2.36. The Morgan fingerprint density at radius 1 is 1.22 bits per heavy atom. The van der Waals surface area contributed by atoms with Crippen molar-refractivity contribution >= 4 is 5.91 Å². The van der Waals surface area contributed by atoms with Crippen molar-refractivity contribution in [1.29, 1.82) is 0 Å². The van der Waals surface area contributed by atoms with Crippen molar-refractivity contribution in [2.75, 3.05) is 13.1 Å². The summed E-state index contributed by atoms with van der Waals surface area (Å²) < 4.78 is 1.96. The topological polar surface area (TPSA) is 78.6 Å². The number of nitrogens with zero attached hydrogens (tertiary/aromatic N) is 3. The fraction of sp³-hybridized carbons (Fsp3) is 0.765. The van der Waals surface area contributed by atoms with Crippen LogP contribution in [0.2, 0.25) is 0 Å². The summed E-state index contributed by atoms with van der Waals surface area (Å²) in [6.07, 6.45) is 1.29. The molecule has 1 aromatic heterocycles. The van der Waals surface area contributed by atoms with Crippen LogP contribution in [-0.4, -0.2) is 56.1 Å². The average molecular weight is 321 g/mol. The number of aryl methyl sites for hydroxylation is 3. The minimum atomic E-state index is -0.627. The average Bonchev–Trinajstić information content (AvgIpc) is 3.02. The first kappa shape index (κ1) is 16.5. The highest BCUT2D eigenvalue weighted by molar-refractivity contribution is 5.76. The van der Waals surface area contributed by atoms with Gasteiger partial charge in [0.1, 0.15) is 0 Å². The molecule has 6 nitrogen and oxygen atoms in total. The maximum Gasteiger partial charge on any atom is 0.222 e. The molecule has 6 heteroatoms. The summed E-state index contributed by atoms with van der Waals surface area (Å²) >= 11 is 0. The van der Waals surface area contributed by atoms with Gasteiger partial charge in [-0.25, -0.2) is 0 Å². The van der Waals surface area contributed by atoms with E-state index in [1.165, 1.54) is 0 Å². The zero-order valence-electron chi connectivity index (χ0n) is 14.0. The van der Waals surface area contributed by atoms with Gasteiger partial charge in [0.05, 0.1) is 17.9 Å². The smallest absolute Gasteiger partial charge is 0.222 e. The van der Waals surface area contributed by atoms with Crippen molar-refractivity contribution in [3.63, 3.8) is 0 Å². The SMILES string of the molecule is Cc1cc(C)n(CCCC(=O)N2C[C@H]3C[C@H](O)[C@H](O)C[C@H]3C2)n1. The van der Waals surface area contributed by atoms with Gasteiger partial charge in [-0.15, -0.1) is 0 Å². The molecule has 2 aliphatic rings. The summed E-state index contributed by atoms with van der Waals surface area (Å²) in [5.41, 5.74) is 2.14. The predicted octanol–water partition coefficient (Wildman–Crippen LogP) is 0.870. The molecule has 0 unspecified atom stereocenters. The normalized spacial score (nSPS) is 30.5. The fourth-order valence-corrected chi connectivity index (χ4v) is 4.05. The Balaban J connectivity index is 1.47. The fourth-order valence-electron chi connectivity index (χ4n) is 4.05. The van der Waals surface area contributed by atoms with Crippen LogP contribution in [0.15, 0.2) is 6.07 Å². The quantitative estimate of drug-likeness (QED) is 0.862. The molecule has 2 heterocycles. The van der Waals surface area contributed by atoms with E-state index in [2.05, 4.69) is 5.10 Å². The number of carbonyl (C=O) groups excluding carboxylic acids is 1. The zero-order valence-corrected chi connectivity index (χ0v) is 14.0. The third-order valence-corrected chi connectivity index (χ3v) is 5.33. The van der Waals surface area contributed by atoms with Gasteiger partial charge in [-0.2, -0.15) is 5.10 Å². The monoisotopic (exact) mass is 321 g/mol. The van der Waals surface area contributed by atoms with Gasteiger partial charge in [0, 0.05) is 31.7 Å². The van der Waals surface area contributed by atoms with E-state index in [4.69, 9.17) is 0 Å². The lowest BCUT2D eigenvalue weighted by atomic mass is 9.79. The number of likely N-dealkylation sites (tertiary alicyclic amines) is 1. The molecule has 2 fully saturated rings. The number of rotatable bonds is 4. The molecule has 2 N–H and O–H groups in total. The zero-order chi connectivity index (χ0) is 16.6. The Morgan fingerprint density at radius 2 is 1.83 bits per heavy atom. The molecule has 0 spiro atoms. The molecular formula is C17H27N3O3. The van der Waals surface area contributed by atoms with Crippen LogP contribution in [0.25, 0.3) is 0 Å². The standard InChI is InChI=1S/C17H27N3O3/c1-11-6-12(2)20(18-11)5-3-4-17(23)19-9-13-7-15(21)16(22)8-14(13)10-19/h6,13-16,21-22H,3-5,7-10H2,1-2H3/t13-,14+,15+,16-. The van der Waals surface area contributed by atoms with Gasteiger partial charge >= 0.3 is 0 Å². The van der Waals surface area contributed by atoms with Gasteiger partial charge in [0.25, 0.3) is 0 Å². The van der Waals surface area contributed by atoms with Crippen LogP contribution in [0.4, 0.5) is 0 Å². The second kappa shape index (κ2) is 6.61. The number of aromatic nitrogens is 2. The molecule has 128 valence electrons. The summed E-state index contributed by atoms with van der Waals surface area (Å²) in [6, 6.07) is 2.05. The molecule has 4 atom stereocenters. The maximum absolute atomic E-state index is 12.4. The van der Waals surface area contributed by atoms with Gasteiger partial charge in [-0.05, 0) is 51.0 Å². The molecule has 0 radical (unpaired) electrons. The number of aliphatic hydroxyl groups is 2. The number of aliphatic hydroxyl groups excluding tert-OH is 2. The lowest BCUT2D eigenvalue weighted by Gasteiger charge is -2.31. The molecule has 3 rings (SSSR count).